The quantitative estimate of drug-likeness (QED) is 0.901. The zero-order chi connectivity index (χ0) is 18.0. The first-order valence-electron chi connectivity index (χ1n) is 8.39. The van der Waals surface area contributed by atoms with Gasteiger partial charge in [-0.15, -0.1) is 0 Å². The second kappa shape index (κ2) is 6.93. The molecule has 2 N–H and O–H groups in total. The van der Waals surface area contributed by atoms with Gasteiger partial charge in [0.1, 0.15) is 6.04 Å². The minimum absolute atomic E-state index is 0.000948. The standard InChI is InChI=1S/C19H21N3O3/c1-3-12(2)17-18(24)21-15-7-5-4-6-14(15)11-22(17)19(25)13-8-9-16(23)20-10-13/h4-10,12,17H,3,11H2,1-2H3,(H,20,23)(H,21,24). The fourth-order valence-electron chi connectivity index (χ4n) is 3.11. The third-order valence-corrected chi connectivity index (χ3v) is 4.70. The van der Waals surface area contributed by atoms with Gasteiger partial charge < -0.3 is 15.2 Å². The molecule has 0 saturated carbocycles. The van der Waals surface area contributed by atoms with Gasteiger partial charge in [-0.05, 0) is 23.6 Å². The molecule has 1 aliphatic heterocycles. The summed E-state index contributed by atoms with van der Waals surface area (Å²) in [6, 6.07) is 9.72. The van der Waals surface area contributed by atoms with Crippen molar-refractivity contribution in [1.82, 2.24) is 9.88 Å². The number of benzene rings is 1. The fourth-order valence-corrected chi connectivity index (χ4v) is 3.11. The lowest BCUT2D eigenvalue weighted by Gasteiger charge is -2.32. The van der Waals surface area contributed by atoms with Gasteiger partial charge in [0.15, 0.2) is 0 Å². The normalized spacial score (nSPS) is 18.1. The minimum Gasteiger partial charge on any atom is -0.328 e. The Morgan fingerprint density at radius 1 is 1.24 bits per heavy atom. The van der Waals surface area contributed by atoms with Crippen molar-refractivity contribution in [3.05, 3.63) is 64.1 Å². The van der Waals surface area contributed by atoms with E-state index in [4.69, 9.17) is 0 Å². The van der Waals surface area contributed by atoms with Crippen molar-refractivity contribution in [2.24, 2.45) is 5.92 Å². The van der Waals surface area contributed by atoms with E-state index in [1.54, 1.807) is 4.90 Å². The number of hydrogen-bond acceptors (Lipinski definition) is 3. The van der Waals surface area contributed by atoms with Crippen LogP contribution in [0.5, 0.6) is 0 Å². The molecule has 0 spiro atoms. The summed E-state index contributed by atoms with van der Waals surface area (Å²) in [5, 5.41) is 2.94. The highest BCUT2D eigenvalue weighted by Crippen LogP contribution is 2.28. The largest absolute Gasteiger partial charge is 0.328 e. The van der Waals surface area contributed by atoms with E-state index in [2.05, 4.69) is 10.3 Å². The number of amides is 2. The number of nitrogens with zero attached hydrogens (tertiary/aromatic N) is 1. The number of pyridine rings is 1. The molecule has 0 bridgehead atoms. The second-order valence-corrected chi connectivity index (χ2v) is 6.35. The molecular weight excluding hydrogens is 318 g/mol. The van der Waals surface area contributed by atoms with Crippen LogP contribution in [0.4, 0.5) is 5.69 Å². The topological polar surface area (TPSA) is 82.3 Å². The highest BCUT2D eigenvalue weighted by molar-refractivity contribution is 6.02. The van der Waals surface area contributed by atoms with E-state index in [-0.39, 0.29) is 23.3 Å². The average Bonchev–Trinajstić information content (AvgIpc) is 2.76. The van der Waals surface area contributed by atoms with Crippen LogP contribution in [0, 0.1) is 5.92 Å². The predicted molar refractivity (Wildman–Crippen MR) is 95.3 cm³/mol. The van der Waals surface area contributed by atoms with Crippen LogP contribution in [0.3, 0.4) is 0 Å². The summed E-state index contributed by atoms with van der Waals surface area (Å²) in [4.78, 5) is 41.3. The Morgan fingerprint density at radius 2 is 2.00 bits per heavy atom. The number of rotatable bonds is 3. The summed E-state index contributed by atoms with van der Waals surface area (Å²) in [5.41, 5.74) is 1.71. The van der Waals surface area contributed by atoms with Gasteiger partial charge in [-0.1, -0.05) is 38.5 Å². The molecule has 0 saturated heterocycles. The molecule has 0 aliphatic carbocycles. The number of anilines is 1. The monoisotopic (exact) mass is 339 g/mol. The first kappa shape index (κ1) is 17.0. The van der Waals surface area contributed by atoms with Gasteiger partial charge in [0, 0.05) is 24.5 Å². The lowest BCUT2D eigenvalue weighted by molar-refractivity contribution is -0.122. The number of carbonyl (C=O) groups excluding carboxylic acids is 2. The molecule has 0 radical (unpaired) electrons. The molecule has 1 aromatic heterocycles. The van der Waals surface area contributed by atoms with Gasteiger partial charge in [-0.2, -0.15) is 0 Å². The Morgan fingerprint density at radius 3 is 2.68 bits per heavy atom. The summed E-state index contributed by atoms with van der Waals surface area (Å²) < 4.78 is 0. The van der Waals surface area contributed by atoms with Crippen LogP contribution < -0.4 is 10.9 Å². The first-order chi connectivity index (χ1) is 12.0. The second-order valence-electron chi connectivity index (χ2n) is 6.35. The first-order valence-corrected chi connectivity index (χ1v) is 8.39. The molecule has 1 aromatic carbocycles. The number of H-pyrrole nitrogens is 1. The minimum atomic E-state index is -0.572. The van der Waals surface area contributed by atoms with Crippen LogP contribution in [-0.4, -0.2) is 27.7 Å². The summed E-state index contributed by atoms with van der Waals surface area (Å²) in [6.07, 6.45) is 2.16. The number of hydrogen-bond donors (Lipinski definition) is 2. The summed E-state index contributed by atoms with van der Waals surface area (Å²) in [7, 11) is 0. The van der Waals surface area contributed by atoms with Crippen LogP contribution in [0.1, 0.15) is 36.2 Å². The molecule has 2 heterocycles. The van der Waals surface area contributed by atoms with Crippen LogP contribution in [-0.2, 0) is 11.3 Å². The molecular formula is C19H21N3O3. The van der Waals surface area contributed by atoms with Crippen LogP contribution in [0.25, 0.3) is 0 Å². The molecule has 2 aromatic rings. The summed E-state index contributed by atoms with van der Waals surface area (Å²) in [5.74, 6) is -0.452. The zero-order valence-electron chi connectivity index (χ0n) is 14.3. The molecule has 0 fully saturated rings. The predicted octanol–water partition coefficient (Wildman–Crippen LogP) is 2.38. The molecule has 6 nitrogen and oxygen atoms in total. The van der Waals surface area contributed by atoms with Crippen molar-refractivity contribution < 1.29 is 9.59 Å². The van der Waals surface area contributed by atoms with Crippen LogP contribution in [0.2, 0.25) is 0 Å². The molecule has 3 rings (SSSR count). The number of nitrogens with one attached hydrogen (secondary N) is 2. The van der Waals surface area contributed by atoms with Crippen molar-refractivity contribution in [3.8, 4) is 0 Å². The SMILES string of the molecule is CCC(C)C1C(=O)Nc2ccccc2CN1C(=O)c1ccc(=O)[nH]c1. The average molecular weight is 339 g/mol. The van der Waals surface area contributed by atoms with Gasteiger partial charge in [0.25, 0.3) is 5.91 Å². The highest BCUT2D eigenvalue weighted by atomic mass is 16.2. The number of aromatic amines is 1. The van der Waals surface area contributed by atoms with Gasteiger partial charge >= 0.3 is 0 Å². The molecule has 2 amide bonds. The van der Waals surface area contributed by atoms with E-state index in [9.17, 15) is 14.4 Å². The van der Waals surface area contributed by atoms with Crippen molar-refractivity contribution in [2.75, 3.05) is 5.32 Å². The van der Waals surface area contributed by atoms with E-state index < -0.39 is 6.04 Å². The maximum Gasteiger partial charge on any atom is 0.256 e. The van der Waals surface area contributed by atoms with Crippen LogP contribution in [0.15, 0.2) is 47.4 Å². The van der Waals surface area contributed by atoms with Crippen molar-refractivity contribution >= 4 is 17.5 Å². The van der Waals surface area contributed by atoms with Gasteiger partial charge in [0.2, 0.25) is 11.5 Å². The fraction of sp³-hybridized carbons (Fsp3) is 0.316. The van der Waals surface area contributed by atoms with Gasteiger partial charge in [-0.25, -0.2) is 0 Å². The maximum atomic E-state index is 13.1. The molecule has 1 aliphatic rings. The summed E-state index contributed by atoms with van der Waals surface area (Å²) >= 11 is 0. The zero-order valence-corrected chi connectivity index (χ0v) is 14.3. The Hall–Kier alpha value is -2.89. The van der Waals surface area contributed by atoms with E-state index in [1.807, 2.05) is 38.1 Å². The molecule has 6 heteroatoms. The van der Waals surface area contributed by atoms with E-state index >= 15 is 0 Å². The van der Waals surface area contributed by atoms with Crippen LogP contribution >= 0.6 is 0 Å². The van der Waals surface area contributed by atoms with Crippen molar-refractivity contribution in [3.63, 3.8) is 0 Å². The van der Waals surface area contributed by atoms with E-state index in [0.717, 1.165) is 17.7 Å². The number of carbonyl (C=O) groups is 2. The Balaban J connectivity index is 2.04. The molecule has 130 valence electrons. The lowest BCUT2D eigenvalue weighted by Crippen LogP contribution is -2.49. The summed E-state index contributed by atoms with van der Waals surface area (Å²) in [6.45, 7) is 4.30. The molecule has 2 unspecified atom stereocenters. The smallest absolute Gasteiger partial charge is 0.256 e. The van der Waals surface area contributed by atoms with Crippen molar-refractivity contribution in [1.29, 1.82) is 0 Å². The highest BCUT2D eigenvalue weighted by Gasteiger charge is 2.36. The number of aromatic nitrogens is 1. The Labute approximate surface area is 145 Å². The van der Waals surface area contributed by atoms with Gasteiger partial charge in [0.05, 0.1) is 5.56 Å². The number of para-hydroxylation sites is 1. The van der Waals surface area contributed by atoms with E-state index in [1.165, 1.54) is 18.3 Å². The third kappa shape index (κ3) is 3.33. The Kier molecular flexibility index (Phi) is 4.70. The van der Waals surface area contributed by atoms with Gasteiger partial charge in [-0.3, -0.25) is 14.4 Å². The lowest BCUT2D eigenvalue weighted by atomic mass is 9.96. The van der Waals surface area contributed by atoms with E-state index in [0.29, 0.717) is 12.1 Å². The maximum absolute atomic E-state index is 13.1. The molecule has 2 atom stereocenters. The van der Waals surface area contributed by atoms with Crippen molar-refractivity contribution in [2.45, 2.75) is 32.9 Å². The number of fused-ring (bicyclic) bond motifs is 1. The third-order valence-electron chi connectivity index (χ3n) is 4.70. The Bertz CT molecular complexity index is 838. The molecule has 25 heavy (non-hydrogen) atoms.